The van der Waals surface area contributed by atoms with Crippen LogP contribution < -0.4 is 5.73 Å². The lowest BCUT2D eigenvalue weighted by molar-refractivity contribution is -0.142. The molecule has 9 heteroatoms. The highest BCUT2D eigenvalue weighted by molar-refractivity contribution is 7.18. The number of amides is 1. The molecule has 0 radical (unpaired) electrons. The molecule has 1 atom stereocenters. The van der Waals surface area contributed by atoms with Gasteiger partial charge in [0.05, 0.1) is 11.6 Å². The molecule has 0 saturated carbocycles. The second kappa shape index (κ2) is 8.03. The molecule has 0 spiro atoms. The van der Waals surface area contributed by atoms with E-state index >= 15 is 0 Å². The molecule has 1 saturated heterocycles. The Balaban J connectivity index is 1.28. The number of pyridine rings is 1. The standard InChI is InChI=1S/C22H21ClN6OS/c1-13-22(30)29(10-14-2-4-17-18(8-14)25-12-26-20(17)24)7-6-28(13)11-16-9-15-3-5-19(23)27-21(15)31-16/h2-5,8-9,12-13H,6-7,10-11H2,1H3,(H2,24,25,26). The Bertz CT molecular complexity index is 1290. The summed E-state index contributed by atoms with van der Waals surface area (Å²) in [6.07, 6.45) is 1.46. The molecule has 0 aliphatic carbocycles. The van der Waals surface area contributed by atoms with Crippen molar-refractivity contribution in [2.45, 2.75) is 26.1 Å². The van der Waals surface area contributed by atoms with Crippen LogP contribution in [-0.2, 0) is 17.9 Å². The smallest absolute Gasteiger partial charge is 0.239 e. The molecule has 1 aromatic carbocycles. The van der Waals surface area contributed by atoms with Crippen molar-refractivity contribution < 1.29 is 4.79 Å². The molecule has 1 unspecified atom stereocenters. The van der Waals surface area contributed by atoms with Crippen LogP contribution in [0.15, 0.2) is 42.7 Å². The fourth-order valence-electron chi connectivity index (χ4n) is 4.01. The minimum Gasteiger partial charge on any atom is -0.383 e. The maximum Gasteiger partial charge on any atom is 0.239 e. The van der Waals surface area contributed by atoms with Gasteiger partial charge in [-0.25, -0.2) is 15.0 Å². The summed E-state index contributed by atoms with van der Waals surface area (Å²) in [6, 6.07) is 11.6. The molecule has 4 aromatic rings. The van der Waals surface area contributed by atoms with Crippen LogP contribution in [0, 0.1) is 0 Å². The molecule has 31 heavy (non-hydrogen) atoms. The number of benzene rings is 1. The van der Waals surface area contributed by atoms with Crippen molar-refractivity contribution in [1.29, 1.82) is 0 Å². The van der Waals surface area contributed by atoms with Crippen molar-refractivity contribution in [2.75, 3.05) is 18.8 Å². The predicted molar refractivity (Wildman–Crippen MR) is 124 cm³/mol. The molecule has 158 valence electrons. The molecule has 0 bridgehead atoms. The van der Waals surface area contributed by atoms with Crippen molar-refractivity contribution >= 4 is 55.8 Å². The number of halogens is 1. The summed E-state index contributed by atoms with van der Waals surface area (Å²) in [5.41, 5.74) is 7.74. The third kappa shape index (κ3) is 3.94. The zero-order chi connectivity index (χ0) is 21.5. The molecule has 1 amide bonds. The summed E-state index contributed by atoms with van der Waals surface area (Å²) in [4.78, 5) is 32.0. The zero-order valence-corrected chi connectivity index (χ0v) is 18.5. The highest BCUT2D eigenvalue weighted by Crippen LogP contribution is 2.28. The average molecular weight is 453 g/mol. The van der Waals surface area contributed by atoms with Gasteiger partial charge in [-0.05, 0) is 42.8 Å². The van der Waals surface area contributed by atoms with Gasteiger partial charge in [0.25, 0.3) is 0 Å². The number of nitrogens with zero attached hydrogens (tertiary/aromatic N) is 5. The first-order valence-corrected chi connectivity index (χ1v) is 11.2. The number of hydrogen-bond acceptors (Lipinski definition) is 7. The largest absolute Gasteiger partial charge is 0.383 e. The highest BCUT2D eigenvalue weighted by atomic mass is 35.5. The molecular formula is C22H21ClN6OS. The SMILES string of the molecule is CC1C(=O)N(Cc2ccc3c(N)ncnc3c2)CCN1Cc1cc2ccc(Cl)nc2s1. The van der Waals surface area contributed by atoms with Gasteiger partial charge in [-0.1, -0.05) is 17.7 Å². The summed E-state index contributed by atoms with van der Waals surface area (Å²) in [5, 5.41) is 2.42. The Morgan fingerprint density at radius 3 is 2.90 bits per heavy atom. The van der Waals surface area contributed by atoms with Crippen molar-refractivity contribution in [2.24, 2.45) is 0 Å². The van der Waals surface area contributed by atoms with E-state index in [0.717, 1.165) is 39.8 Å². The summed E-state index contributed by atoms with van der Waals surface area (Å²) >= 11 is 7.64. The minimum atomic E-state index is -0.186. The van der Waals surface area contributed by atoms with Crippen LogP contribution in [0.3, 0.4) is 0 Å². The van der Waals surface area contributed by atoms with E-state index in [-0.39, 0.29) is 11.9 Å². The molecular weight excluding hydrogens is 432 g/mol. The Kier molecular flexibility index (Phi) is 5.21. The minimum absolute atomic E-state index is 0.135. The van der Waals surface area contributed by atoms with E-state index in [1.165, 1.54) is 11.2 Å². The number of nitrogens with two attached hydrogens (primary N) is 1. The number of carbonyl (C=O) groups is 1. The van der Waals surface area contributed by atoms with E-state index < -0.39 is 0 Å². The summed E-state index contributed by atoms with van der Waals surface area (Å²) in [7, 11) is 0. The summed E-state index contributed by atoms with van der Waals surface area (Å²) in [6.45, 7) is 4.76. The fraction of sp³-hybridized carbons (Fsp3) is 0.273. The molecule has 5 rings (SSSR count). The lowest BCUT2D eigenvalue weighted by Gasteiger charge is -2.39. The zero-order valence-electron chi connectivity index (χ0n) is 17.0. The van der Waals surface area contributed by atoms with Crippen molar-refractivity contribution in [3.05, 3.63) is 58.3 Å². The monoisotopic (exact) mass is 452 g/mol. The number of carbonyl (C=O) groups excluding carboxylic acids is 1. The van der Waals surface area contributed by atoms with E-state index in [9.17, 15) is 4.79 Å². The molecule has 4 heterocycles. The first kappa shape index (κ1) is 20.1. The second-order valence-electron chi connectivity index (χ2n) is 7.76. The first-order valence-electron chi connectivity index (χ1n) is 10.0. The fourth-order valence-corrected chi connectivity index (χ4v) is 5.27. The number of fused-ring (bicyclic) bond motifs is 2. The van der Waals surface area contributed by atoms with Crippen LogP contribution in [0.4, 0.5) is 5.82 Å². The topological polar surface area (TPSA) is 88.2 Å². The number of hydrogen-bond donors (Lipinski definition) is 1. The van der Waals surface area contributed by atoms with E-state index in [0.29, 0.717) is 24.1 Å². The van der Waals surface area contributed by atoms with Crippen LogP contribution in [0.1, 0.15) is 17.4 Å². The van der Waals surface area contributed by atoms with Crippen molar-refractivity contribution in [1.82, 2.24) is 24.8 Å². The first-order chi connectivity index (χ1) is 15.0. The van der Waals surface area contributed by atoms with Gasteiger partial charge in [0.2, 0.25) is 5.91 Å². The van der Waals surface area contributed by atoms with Gasteiger partial charge in [-0.3, -0.25) is 9.69 Å². The Morgan fingerprint density at radius 1 is 1.16 bits per heavy atom. The Labute approximate surface area is 188 Å². The van der Waals surface area contributed by atoms with Crippen LogP contribution in [0.5, 0.6) is 0 Å². The number of aromatic nitrogens is 3. The van der Waals surface area contributed by atoms with E-state index in [2.05, 4.69) is 25.9 Å². The van der Waals surface area contributed by atoms with Crippen LogP contribution in [0.2, 0.25) is 5.15 Å². The maximum atomic E-state index is 13.1. The quantitative estimate of drug-likeness (QED) is 0.475. The number of piperazine rings is 1. The molecule has 1 fully saturated rings. The molecule has 1 aliphatic rings. The lowest BCUT2D eigenvalue weighted by atomic mass is 10.1. The number of anilines is 1. The van der Waals surface area contributed by atoms with Gasteiger partial charge in [-0.2, -0.15) is 0 Å². The number of rotatable bonds is 4. The van der Waals surface area contributed by atoms with Crippen molar-refractivity contribution in [3.8, 4) is 0 Å². The summed E-state index contributed by atoms with van der Waals surface area (Å²) < 4.78 is 0. The normalized spacial score (nSPS) is 17.7. The third-order valence-electron chi connectivity index (χ3n) is 5.74. The lowest BCUT2D eigenvalue weighted by Crippen LogP contribution is -2.54. The highest BCUT2D eigenvalue weighted by Gasteiger charge is 2.31. The maximum absolute atomic E-state index is 13.1. The number of nitrogen functional groups attached to an aromatic ring is 1. The van der Waals surface area contributed by atoms with E-state index in [1.54, 1.807) is 17.4 Å². The molecule has 7 nitrogen and oxygen atoms in total. The van der Waals surface area contributed by atoms with Gasteiger partial charge >= 0.3 is 0 Å². The van der Waals surface area contributed by atoms with Crippen molar-refractivity contribution in [3.63, 3.8) is 0 Å². The third-order valence-corrected chi connectivity index (χ3v) is 6.98. The predicted octanol–water partition coefficient (Wildman–Crippen LogP) is 3.71. The van der Waals surface area contributed by atoms with Gasteiger partial charge in [0.15, 0.2) is 0 Å². The Morgan fingerprint density at radius 2 is 2.03 bits per heavy atom. The Hall–Kier alpha value is -2.81. The number of thiophene rings is 1. The van der Waals surface area contributed by atoms with Gasteiger partial charge < -0.3 is 10.6 Å². The van der Waals surface area contributed by atoms with E-state index in [4.69, 9.17) is 17.3 Å². The molecule has 3 aromatic heterocycles. The molecule has 2 N–H and O–H groups in total. The second-order valence-corrected chi connectivity index (χ2v) is 9.26. The summed E-state index contributed by atoms with van der Waals surface area (Å²) in [5.74, 6) is 0.601. The molecule has 1 aliphatic heterocycles. The van der Waals surface area contributed by atoms with Crippen LogP contribution >= 0.6 is 22.9 Å². The average Bonchev–Trinajstić information content (AvgIpc) is 3.15. The van der Waals surface area contributed by atoms with Gasteiger partial charge in [-0.15, -0.1) is 11.3 Å². The van der Waals surface area contributed by atoms with E-state index in [1.807, 2.05) is 36.1 Å². The van der Waals surface area contributed by atoms with Gasteiger partial charge in [0, 0.05) is 41.8 Å². The van der Waals surface area contributed by atoms with Gasteiger partial charge in [0.1, 0.15) is 22.1 Å². The van der Waals surface area contributed by atoms with Crippen LogP contribution in [-0.4, -0.2) is 49.8 Å². The van der Waals surface area contributed by atoms with Crippen LogP contribution in [0.25, 0.3) is 21.1 Å².